The summed E-state index contributed by atoms with van der Waals surface area (Å²) in [4.78, 5) is 22.1. The summed E-state index contributed by atoms with van der Waals surface area (Å²) in [6.45, 7) is 3.33. The van der Waals surface area contributed by atoms with Crippen molar-refractivity contribution in [1.82, 2.24) is 9.78 Å². The van der Waals surface area contributed by atoms with Gasteiger partial charge >= 0.3 is 0 Å². The lowest BCUT2D eigenvalue weighted by atomic mass is 10.2. The van der Waals surface area contributed by atoms with Gasteiger partial charge in [-0.25, -0.2) is 0 Å². The summed E-state index contributed by atoms with van der Waals surface area (Å²) in [5.41, 5.74) is 0.412. The number of halogens is 1. The number of non-ortho nitro benzene ring substituents is 1. The van der Waals surface area contributed by atoms with Crippen LogP contribution in [0.25, 0.3) is 0 Å². The molecule has 0 fully saturated rings. The highest BCUT2D eigenvalue weighted by Crippen LogP contribution is 2.28. The van der Waals surface area contributed by atoms with Crippen molar-refractivity contribution < 1.29 is 14.8 Å². The van der Waals surface area contributed by atoms with Crippen LogP contribution in [0.4, 0.5) is 11.4 Å². The van der Waals surface area contributed by atoms with E-state index in [1.54, 1.807) is 13.8 Å². The monoisotopic (exact) mass is 324 g/mol. The smallest absolute Gasteiger partial charge is 0.273 e. The zero-order valence-electron chi connectivity index (χ0n) is 11.8. The van der Waals surface area contributed by atoms with Gasteiger partial charge < -0.3 is 10.4 Å². The van der Waals surface area contributed by atoms with Crippen molar-refractivity contribution in [2.45, 2.75) is 19.9 Å². The van der Waals surface area contributed by atoms with Gasteiger partial charge in [-0.2, -0.15) is 5.10 Å². The number of amides is 1. The fourth-order valence-electron chi connectivity index (χ4n) is 1.75. The molecule has 22 heavy (non-hydrogen) atoms. The number of phenolic OH excluding ortho intramolecular Hbond substituents is 1. The van der Waals surface area contributed by atoms with Crippen LogP contribution in [0.15, 0.2) is 24.4 Å². The summed E-state index contributed by atoms with van der Waals surface area (Å²) in [5.74, 6) is -0.826. The maximum Gasteiger partial charge on any atom is 0.273 e. The maximum absolute atomic E-state index is 12.1. The van der Waals surface area contributed by atoms with Crippen LogP contribution in [0.5, 0.6) is 5.75 Å². The Morgan fingerprint density at radius 1 is 1.55 bits per heavy atom. The van der Waals surface area contributed by atoms with Gasteiger partial charge in [-0.1, -0.05) is 11.6 Å². The number of rotatable bonds is 4. The molecular formula is C13H13ClN4O4. The topological polar surface area (TPSA) is 110 Å². The molecule has 0 aliphatic carbocycles. The molecule has 2 aromatic rings. The van der Waals surface area contributed by atoms with Crippen molar-refractivity contribution in [3.05, 3.63) is 45.2 Å². The molecule has 1 unspecified atom stereocenters. The van der Waals surface area contributed by atoms with Crippen LogP contribution in [-0.4, -0.2) is 25.7 Å². The van der Waals surface area contributed by atoms with Gasteiger partial charge in [0.05, 0.1) is 27.4 Å². The highest BCUT2D eigenvalue weighted by Gasteiger charge is 2.19. The van der Waals surface area contributed by atoms with E-state index < -0.39 is 16.9 Å². The summed E-state index contributed by atoms with van der Waals surface area (Å²) < 4.78 is 1.40. The lowest BCUT2D eigenvalue weighted by molar-refractivity contribution is -0.384. The van der Waals surface area contributed by atoms with Crippen LogP contribution < -0.4 is 5.32 Å². The minimum absolute atomic E-state index is 0.0809. The van der Waals surface area contributed by atoms with Gasteiger partial charge in [-0.3, -0.25) is 19.6 Å². The molecule has 1 heterocycles. The third-order valence-corrected chi connectivity index (χ3v) is 3.45. The molecule has 0 aliphatic heterocycles. The summed E-state index contributed by atoms with van der Waals surface area (Å²) in [6.07, 6.45) is 1.52. The van der Waals surface area contributed by atoms with Gasteiger partial charge in [0.15, 0.2) is 0 Å². The fraction of sp³-hybridized carbons (Fsp3) is 0.231. The second-order valence-electron chi connectivity index (χ2n) is 4.67. The summed E-state index contributed by atoms with van der Waals surface area (Å²) in [6, 6.07) is 2.75. The zero-order chi connectivity index (χ0) is 16.4. The van der Waals surface area contributed by atoms with Crippen LogP contribution in [0, 0.1) is 17.0 Å². The Balaban J connectivity index is 2.16. The van der Waals surface area contributed by atoms with Crippen LogP contribution >= 0.6 is 11.6 Å². The normalized spacial score (nSPS) is 12.0. The minimum Gasteiger partial charge on any atom is -0.506 e. The average Bonchev–Trinajstić information content (AvgIpc) is 2.79. The third-order valence-electron chi connectivity index (χ3n) is 3.08. The van der Waals surface area contributed by atoms with E-state index >= 15 is 0 Å². The average molecular weight is 325 g/mol. The Morgan fingerprint density at radius 3 is 2.73 bits per heavy atom. The van der Waals surface area contributed by atoms with E-state index in [0.29, 0.717) is 10.7 Å². The Morgan fingerprint density at radius 2 is 2.23 bits per heavy atom. The van der Waals surface area contributed by atoms with Gasteiger partial charge in [0.2, 0.25) is 5.91 Å². The summed E-state index contributed by atoms with van der Waals surface area (Å²) >= 11 is 5.89. The number of anilines is 1. The number of hydrogen-bond acceptors (Lipinski definition) is 5. The quantitative estimate of drug-likeness (QED) is 0.510. The summed E-state index contributed by atoms with van der Waals surface area (Å²) in [5, 5.41) is 27.4. The van der Waals surface area contributed by atoms with Gasteiger partial charge in [0.25, 0.3) is 5.69 Å². The fourth-order valence-corrected chi connectivity index (χ4v) is 1.89. The number of nitro benzene ring substituents is 1. The highest BCUT2D eigenvalue weighted by atomic mass is 35.5. The van der Waals surface area contributed by atoms with E-state index in [9.17, 15) is 20.0 Å². The highest BCUT2D eigenvalue weighted by molar-refractivity contribution is 6.31. The molecule has 2 rings (SSSR count). The van der Waals surface area contributed by atoms with Crippen molar-refractivity contribution in [1.29, 1.82) is 0 Å². The number of carbonyl (C=O) groups is 1. The van der Waals surface area contributed by atoms with Gasteiger partial charge in [-0.15, -0.1) is 0 Å². The van der Waals surface area contributed by atoms with E-state index in [2.05, 4.69) is 10.4 Å². The Hall–Kier alpha value is -2.61. The van der Waals surface area contributed by atoms with Gasteiger partial charge in [-0.05, 0) is 19.9 Å². The van der Waals surface area contributed by atoms with E-state index in [1.807, 2.05) is 0 Å². The maximum atomic E-state index is 12.1. The van der Waals surface area contributed by atoms with Crippen LogP contribution in [-0.2, 0) is 4.79 Å². The van der Waals surface area contributed by atoms with Crippen molar-refractivity contribution in [3.8, 4) is 5.75 Å². The first-order chi connectivity index (χ1) is 10.3. The molecule has 1 atom stereocenters. The van der Waals surface area contributed by atoms with Crippen molar-refractivity contribution in [2.24, 2.45) is 0 Å². The van der Waals surface area contributed by atoms with Crippen molar-refractivity contribution >= 4 is 28.9 Å². The number of aromatic nitrogens is 2. The third kappa shape index (κ3) is 3.17. The van der Waals surface area contributed by atoms with Crippen LogP contribution in [0.1, 0.15) is 18.7 Å². The number of nitro groups is 1. The largest absolute Gasteiger partial charge is 0.506 e. The number of aromatic hydroxyl groups is 1. The van der Waals surface area contributed by atoms with E-state index in [1.165, 1.54) is 23.0 Å². The SMILES string of the molecule is Cc1nn(C(C)C(=O)Nc2ccc([N+](=O)[O-])cc2O)cc1Cl. The van der Waals surface area contributed by atoms with E-state index in [4.69, 9.17) is 11.6 Å². The predicted molar refractivity (Wildman–Crippen MR) is 80.1 cm³/mol. The molecule has 8 nitrogen and oxygen atoms in total. The lowest BCUT2D eigenvalue weighted by Gasteiger charge is -2.13. The molecule has 9 heteroatoms. The number of carbonyl (C=O) groups excluding carboxylic acids is 1. The molecule has 1 amide bonds. The van der Waals surface area contributed by atoms with Crippen LogP contribution in [0.2, 0.25) is 5.02 Å². The van der Waals surface area contributed by atoms with Crippen LogP contribution in [0.3, 0.4) is 0 Å². The van der Waals surface area contributed by atoms with Crippen molar-refractivity contribution in [2.75, 3.05) is 5.32 Å². The number of nitrogens with zero attached hydrogens (tertiary/aromatic N) is 3. The Bertz CT molecular complexity index is 724. The molecular weight excluding hydrogens is 312 g/mol. The van der Waals surface area contributed by atoms with E-state index in [0.717, 1.165) is 6.07 Å². The number of phenols is 1. The first-order valence-corrected chi connectivity index (χ1v) is 6.67. The van der Waals surface area contributed by atoms with Gasteiger partial charge in [0, 0.05) is 12.3 Å². The second kappa shape index (κ2) is 6.02. The second-order valence-corrected chi connectivity index (χ2v) is 5.07. The molecule has 1 aromatic heterocycles. The number of nitrogens with one attached hydrogen (secondary N) is 1. The zero-order valence-corrected chi connectivity index (χ0v) is 12.5. The Labute approximate surface area is 130 Å². The first kappa shape index (κ1) is 15.8. The van der Waals surface area contributed by atoms with Gasteiger partial charge in [0.1, 0.15) is 11.8 Å². The molecule has 0 radical (unpaired) electrons. The molecule has 2 N–H and O–H groups in total. The molecule has 116 valence electrons. The predicted octanol–water partition coefficient (Wildman–Crippen LogP) is 2.66. The molecule has 0 aliphatic rings. The molecule has 0 spiro atoms. The number of aryl methyl sites for hydroxylation is 1. The molecule has 1 aromatic carbocycles. The number of benzene rings is 1. The molecule has 0 saturated heterocycles. The first-order valence-electron chi connectivity index (χ1n) is 6.29. The number of hydrogen-bond donors (Lipinski definition) is 2. The van der Waals surface area contributed by atoms with E-state index in [-0.39, 0.29) is 17.1 Å². The van der Waals surface area contributed by atoms with Crippen molar-refractivity contribution in [3.63, 3.8) is 0 Å². The molecule has 0 bridgehead atoms. The summed E-state index contributed by atoms with van der Waals surface area (Å²) in [7, 11) is 0. The minimum atomic E-state index is -0.666. The molecule has 0 saturated carbocycles. The standard InChI is InChI=1S/C13H13ClN4O4/c1-7-10(14)6-17(16-7)8(2)13(20)15-11-4-3-9(18(21)22)5-12(11)19/h3-6,8,19H,1-2H3,(H,15,20). The lowest BCUT2D eigenvalue weighted by Crippen LogP contribution is -2.24. The Kier molecular flexibility index (Phi) is 4.32.